The minimum atomic E-state index is 0.221. The molecule has 2 rings (SSSR count). The molecule has 0 aliphatic rings. The summed E-state index contributed by atoms with van der Waals surface area (Å²) in [6, 6.07) is 3.96. The number of imidazole rings is 1. The number of rotatable bonds is 4. The van der Waals surface area contributed by atoms with Crippen LogP contribution >= 0.6 is 11.8 Å². The van der Waals surface area contributed by atoms with E-state index in [1.54, 1.807) is 30.4 Å². The Morgan fingerprint density at radius 1 is 1.33 bits per heavy atom. The first kappa shape index (κ1) is 10.2. The van der Waals surface area contributed by atoms with Gasteiger partial charge in [0.15, 0.2) is 5.16 Å². The molecular weight excluding hydrogens is 208 g/mol. The van der Waals surface area contributed by atoms with E-state index < -0.39 is 0 Å². The standard InChI is InChI=1S/C10H12N4S/c11-7-9(8-1-3-12-4-2-8)15-10-13-5-6-14-10/h1-6,9H,7,11H2,(H,13,14). The normalized spacial score (nSPS) is 12.6. The lowest BCUT2D eigenvalue weighted by Crippen LogP contribution is -2.09. The van der Waals surface area contributed by atoms with Gasteiger partial charge in [-0.2, -0.15) is 0 Å². The van der Waals surface area contributed by atoms with Gasteiger partial charge in [0.25, 0.3) is 0 Å². The molecule has 0 aromatic carbocycles. The van der Waals surface area contributed by atoms with Crippen molar-refractivity contribution < 1.29 is 0 Å². The van der Waals surface area contributed by atoms with Gasteiger partial charge in [0.05, 0.1) is 0 Å². The molecule has 2 heterocycles. The summed E-state index contributed by atoms with van der Waals surface area (Å²) in [4.78, 5) is 11.2. The molecule has 0 radical (unpaired) electrons. The molecule has 0 fully saturated rings. The number of hydrogen-bond donors (Lipinski definition) is 2. The number of nitrogens with zero attached hydrogens (tertiary/aromatic N) is 2. The predicted octanol–water partition coefficient (Wildman–Crippen LogP) is 1.60. The van der Waals surface area contributed by atoms with Gasteiger partial charge in [-0.3, -0.25) is 4.98 Å². The molecule has 0 saturated carbocycles. The van der Waals surface area contributed by atoms with Gasteiger partial charge in [-0.1, -0.05) is 11.8 Å². The minimum Gasteiger partial charge on any atom is -0.340 e. The maximum absolute atomic E-state index is 5.74. The third kappa shape index (κ3) is 2.57. The molecule has 78 valence electrons. The molecule has 4 nitrogen and oxygen atoms in total. The largest absolute Gasteiger partial charge is 0.340 e. The highest BCUT2D eigenvalue weighted by Gasteiger charge is 2.12. The second-order valence-electron chi connectivity index (χ2n) is 3.02. The second-order valence-corrected chi connectivity index (χ2v) is 4.21. The molecule has 0 aliphatic heterocycles. The number of aromatic nitrogens is 3. The van der Waals surface area contributed by atoms with Crippen molar-refractivity contribution in [3.05, 3.63) is 42.5 Å². The molecule has 0 bridgehead atoms. The second kappa shape index (κ2) is 4.95. The number of nitrogens with two attached hydrogens (primary N) is 1. The van der Waals surface area contributed by atoms with Gasteiger partial charge in [0.2, 0.25) is 0 Å². The summed E-state index contributed by atoms with van der Waals surface area (Å²) < 4.78 is 0. The summed E-state index contributed by atoms with van der Waals surface area (Å²) in [6.07, 6.45) is 7.10. The smallest absolute Gasteiger partial charge is 0.165 e. The van der Waals surface area contributed by atoms with Crippen LogP contribution in [0.5, 0.6) is 0 Å². The fourth-order valence-electron chi connectivity index (χ4n) is 1.28. The number of aromatic amines is 1. The first-order valence-electron chi connectivity index (χ1n) is 4.66. The number of thioether (sulfide) groups is 1. The van der Waals surface area contributed by atoms with Crippen molar-refractivity contribution in [2.45, 2.75) is 10.4 Å². The third-order valence-corrected chi connectivity index (χ3v) is 3.21. The number of nitrogens with one attached hydrogen (secondary N) is 1. The number of H-pyrrole nitrogens is 1. The summed E-state index contributed by atoms with van der Waals surface area (Å²) in [6.45, 7) is 0.579. The Morgan fingerprint density at radius 3 is 2.73 bits per heavy atom. The first-order chi connectivity index (χ1) is 7.40. The van der Waals surface area contributed by atoms with Crippen molar-refractivity contribution in [3.63, 3.8) is 0 Å². The molecule has 1 atom stereocenters. The van der Waals surface area contributed by atoms with Gasteiger partial charge in [-0.15, -0.1) is 0 Å². The average molecular weight is 220 g/mol. The summed E-state index contributed by atoms with van der Waals surface area (Å²) in [5, 5.41) is 1.11. The predicted molar refractivity (Wildman–Crippen MR) is 60.5 cm³/mol. The van der Waals surface area contributed by atoms with Crippen LogP contribution in [-0.4, -0.2) is 21.5 Å². The zero-order valence-electron chi connectivity index (χ0n) is 8.13. The SMILES string of the molecule is NCC(Sc1ncc[nH]1)c1ccncc1. The van der Waals surface area contributed by atoms with Crippen LogP contribution in [0.15, 0.2) is 42.1 Å². The van der Waals surface area contributed by atoms with Crippen molar-refractivity contribution in [1.29, 1.82) is 0 Å². The van der Waals surface area contributed by atoms with E-state index in [9.17, 15) is 0 Å². The highest BCUT2D eigenvalue weighted by Crippen LogP contribution is 2.31. The molecule has 2 aromatic heterocycles. The monoisotopic (exact) mass is 220 g/mol. The Labute approximate surface area is 92.3 Å². The summed E-state index contributed by atoms with van der Waals surface area (Å²) in [7, 11) is 0. The van der Waals surface area contributed by atoms with Gasteiger partial charge in [0, 0.05) is 36.6 Å². The van der Waals surface area contributed by atoms with E-state index in [0.29, 0.717) is 6.54 Å². The molecule has 3 N–H and O–H groups in total. The van der Waals surface area contributed by atoms with Crippen LogP contribution in [0.25, 0.3) is 0 Å². The summed E-state index contributed by atoms with van der Waals surface area (Å²) in [5.41, 5.74) is 6.91. The van der Waals surface area contributed by atoms with E-state index in [-0.39, 0.29) is 5.25 Å². The molecular formula is C10H12N4S. The number of pyridine rings is 1. The van der Waals surface area contributed by atoms with E-state index >= 15 is 0 Å². The Kier molecular flexibility index (Phi) is 3.37. The maximum atomic E-state index is 5.74. The lowest BCUT2D eigenvalue weighted by molar-refractivity contribution is 0.923. The van der Waals surface area contributed by atoms with E-state index in [0.717, 1.165) is 5.16 Å². The summed E-state index contributed by atoms with van der Waals surface area (Å²) >= 11 is 1.63. The van der Waals surface area contributed by atoms with Crippen LogP contribution in [-0.2, 0) is 0 Å². The average Bonchev–Trinajstić information content (AvgIpc) is 2.80. The molecule has 1 unspecified atom stereocenters. The molecule has 0 spiro atoms. The third-order valence-electron chi connectivity index (χ3n) is 2.02. The van der Waals surface area contributed by atoms with E-state index in [4.69, 9.17) is 5.73 Å². The molecule has 0 aliphatic carbocycles. The Morgan fingerprint density at radius 2 is 2.13 bits per heavy atom. The van der Waals surface area contributed by atoms with Gasteiger partial charge in [-0.05, 0) is 17.7 Å². The van der Waals surface area contributed by atoms with Crippen LogP contribution in [0, 0.1) is 0 Å². The van der Waals surface area contributed by atoms with E-state index in [1.807, 2.05) is 18.3 Å². The van der Waals surface area contributed by atoms with Gasteiger partial charge in [0.1, 0.15) is 0 Å². The van der Waals surface area contributed by atoms with Crippen LogP contribution in [0.4, 0.5) is 0 Å². The lowest BCUT2D eigenvalue weighted by atomic mass is 10.2. The Bertz CT molecular complexity index is 387. The Balaban J connectivity index is 2.12. The lowest BCUT2D eigenvalue weighted by Gasteiger charge is -2.12. The quantitative estimate of drug-likeness (QED) is 0.768. The molecule has 2 aromatic rings. The van der Waals surface area contributed by atoms with Crippen LogP contribution < -0.4 is 5.73 Å². The maximum Gasteiger partial charge on any atom is 0.165 e. The van der Waals surface area contributed by atoms with Crippen molar-refractivity contribution in [1.82, 2.24) is 15.0 Å². The topological polar surface area (TPSA) is 67.6 Å². The van der Waals surface area contributed by atoms with Crippen LogP contribution in [0.1, 0.15) is 10.8 Å². The molecule has 0 saturated heterocycles. The van der Waals surface area contributed by atoms with Crippen molar-refractivity contribution in [3.8, 4) is 0 Å². The van der Waals surface area contributed by atoms with Gasteiger partial charge in [-0.25, -0.2) is 4.98 Å². The zero-order chi connectivity index (χ0) is 10.5. The van der Waals surface area contributed by atoms with Crippen molar-refractivity contribution >= 4 is 11.8 Å². The van der Waals surface area contributed by atoms with E-state index in [1.165, 1.54) is 5.56 Å². The first-order valence-corrected chi connectivity index (χ1v) is 5.54. The number of hydrogen-bond acceptors (Lipinski definition) is 4. The fraction of sp³-hybridized carbons (Fsp3) is 0.200. The van der Waals surface area contributed by atoms with E-state index in [2.05, 4.69) is 15.0 Å². The van der Waals surface area contributed by atoms with Crippen molar-refractivity contribution in [2.75, 3.05) is 6.54 Å². The van der Waals surface area contributed by atoms with Gasteiger partial charge >= 0.3 is 0 Å². The Hall–Kier alpha value is -1.33. The zero-order valence-corrected chi connectivity index (χ0v) is 8.95. The minimum absolute atomic E-state index is 0.221. The van der Waals surface area contributed by atoms with Gasteiger partial charge < -0.3 is 10.7 Å². The molecule has 5 heteroatoms. The fourth-order valence-corrected chi connectivity index (χ4v) is 2.20. The highest BCUT2D eigenvalue weighted by molar-refractivity contribution is 7.99. The molecule has 15 heavy (non-hydrogen) atoms. The highest BCUT2D eigenvalue weighted by atomic mass is 32.2. The van der Waals surface area contributed by atoms with Crippen LogP contribution in [0.3, 0.4) is 0 Å². The molecule has 0 amide bonds. The van der Waals surface area contributed by atoms with Crippen molar-refractivity contribution in [2.24, 2.45) is 5.73 Å². The summed E-state index contributed by atoms with van der Waals surface area (Å²) in [5.74, 6) is 0. The van der Waals surface area contributed by atoms with Crippen LogP contribution in [0.2, 0.25) is 0 Å².